The SMILES string of the molecule is CCCCCCCCCCCCCCCCCCOC[C@@H](COP(=O)(O)CCN(C)C)OCCCCCCCCCCCCCCCCCC. The van der Waals surface area contributed by atoms with Crippen LogP contribution in [0, 0.1) is 0 Å². The van der Waals surface area contributed by atoms with Crippen LogP contribution in [-0.4, -0.2) is 69.1 Å². The van der Waals surface area contributed by atoms with E-state index in [2.05, 4.69) is 13.8 Å². The average molecular weight is 732 g/mol. The molecule has 0 amide bonds. The van der Waals surface area contributed by atoms with Gasteiger partial charge >= 0.3 is 7.60 Å². The van der Waals surface area contributed by atoms with Gasteiger partial charge in [0.05, 0.1) is 19.4 Å². The Morgan fingerprint density at radius 1 is 0.480 bits per heavy atom. The molecule has 0 fully saturated rings. The summed E-state index contributed by atoms with van der Waals surface area (Å²) in [5.41, 5.74) is 0. The molecule has 7 heteroatoms. The molecule has 0 spiro atoms. The number of hydrogen-bond donors (Lipinski definition) is 1. The van der Waals surface area contributed by atoms with Gasteiger partial charge in [-0.3, -0.25) is 4.57 Å². The Morgan fingerprint density at radius 2 is 0.800 bits per heavy atom. The van der Waals surface area contributed by atoms with E-state index < -0.39 is 7.60 Å². The number of hydrogen-bond acceptors (Lipinski definition) is 5. The second kappa shape index (κ2) is 40.2. The molecule has 0 aliphatic carbocycles. The van der Waals surface area contributed by atoms with Crippen molar-refractivity contribution >= 4 is 7.60 Å². The highest BCUT2D eigenvalue weighted by Crippen LogP contribution is 2.41. The highest BCUT2D eigenvalue weighted by molar-refractivity contribution is 7.52. The third-order valence-corrected chi connectivity index (χ3v) is 11.4. The van der Waals surface area contributed by atoms with Crippen LogP contribution in [0.25, 0.3) is 0 Å². The van der Waals surface area contributed by atoms with Crippen molar-refractivity contribution < 1.29 is 23.5 Å². The van der Waals surface area contributed by atoms with E-state index >= 15 is 0 Å². The minimum atomic E-state index is -3.63. The fourth-order valence-corrected chi connectivity index (χ4v) is 7.78. The maximum atomic E-state index is 12.5. The van der Waals surface area contributed by atoms with Gasteiger partial charge in [-0.05, 0) is 26.9 Å². The van der Waals surface area contributed by atoms with Gasteiger partial charge in [0.15, 0.2) is 0 Å². The van der Waals surface area contributed by atoms with Crippen LogP contribution in [0.4, 0.5) is 0 Å². The molecule has 1 unspecified atom stereocenters. The predicted octanol–water partition coefficient (Wildman–Crippen LogP) is 13.7. The van der Waals surface area contributed by atoms with E-state index in [1.165, 1.54) is 193 Å². The highest BCUT2D eigenvalue weighted by atomic mass is 31.2. The molecule has 0 saturated heterocycles. The van der Waals surface area contributed by atoms with Gasteiger partial charge in [-0.25, -0.2) is 0 Å². The van der Waals surface area contributed by atoms with Crippen molar-refractivity contribution in [3.63, 3.8) is 0 Å². The highest BCUT2D eigenvalue weighted by Gasteiger charge is 2.22. The van der Waals surface area contributed by atoms with Crippen LogP contribution >= 0.6 is 7.60 Å². The Morgan fingerprint density at radius 3 is 1.14 bits per heavy atom. The Balaban J connectivity index is 3.92. The fourth-order valence-electron chi connectivity index (χ4n) is 6.60. The van der Waals surface area contributed by atoms with Crippen molar-refractivity contribution in [3.05, 3.63) is 0 Å². The minimum Gasteiger partial charge on any atom is -0.379 e. The predicted molar refractivity (Wildman–Crippen MR) is 219 cm³/mol. The number of nitrogens with zero attached hydrogens (tertiary/aromatic N) is 1. The molecule has 2 atom stereocenters. The van der Waals surface area contributed by atoms with E-state index in [-0.39, 0.29) is 18.9 Å². The smallest absolute Gasteiger partial charge is 0.329 e. The van der Waals surface area contributed by atoms with E-state index in [0.717, 1.165) is 19.4 Å². The van der Waals surface area contributed by atoms with Gasteiger partial charge in [-0.2, -0.15) is 0 Å². The lowest BCUT2D eigenvalue weighted by Crippen LogP contribution is -2.27. The van der Waals surface area contributed by atoms with Crippen LogP contribution in [0.15, 0.2) is 0 Å². The first kappa shape index (κ1) is 50.0. The van der Waals surface area contributed by atoms with Gasteiger partial charge in [0, 0.05) is 19.8 Å². The van der Waals surface area contributed by atoms with E-state index in [9.17, 15) is 9.46 Å². The topological polar surface area (TPSA) is 68.2 Å². The van der Waals surface area contributed by atoms with Crippen LogP contribution in [0.1, 0.15) is 219 Å². The lowest BCUT2D eigenvalue weighted by molar-refractivity contribution is -0.0403. The molecule has 1 N–H and O–H groups in total. The molecule has 0 aliphatic rings. The normalized spacial score (nSPS) is 13.7. The molecule has 50 heavy (non-hydrogen) atoms. The largest absolute Gasteiger partial charge is 0.379 e. The summed E-state index contributed by atoms with van der Waals surface area (Å²) in [6, 6.07) is 0. The monoisotopic (exact) mass is 732 g/mol. The van der Waals surface area contributed by atoms with Gasteiger partial charge in [0.1, 0.15) is 6.10 Å². The van der Waals surface area contributed by atoms with Crippen LogP contribution in [0.5, 0.6) is 0 Å². The first-order valence-electron chi connectivity index (χ1n) is 22.2. The lowest BCUT2D eigenvalue weighted by atomic mass is 10.0. The standard InChI is InChI=1S/C43H90NO5P/c1-5-7-9-11-13-15-17-19-21-23-25-27-29-31-33-35-38-47-41-43(42-49-50(45,46)40-37-44(3)4)48-39-36-34-32-30-28-26-24-22-20-18-16-14-12-10-8-6-2/h43H,5-42H2,1-4H3,(H,45,46)/t43-/m0/s1. The van der Waals surface area contributed by atoms with Crippen LogP contribution in [-0.2, 0) is 18.6 Å². The maximum absolute atomic E-state index is 12.5. The number of unbranched alkanes of at least 4 members (excludes halogenated alkanes) is 30. The molecule has 0 heterocycles. The quantitative estimate of drug-likeness (QED) is 0.0497. The minimum absolute atomic E-state index is 0.110. The van der Waals surface area contributed by atoms with Gasteiger partial charge in [-0.1, -0.05) is 206 Å². The Bertz CT molecular complexity index is 694. The fraction of sp³-hybridized carbons (Fsp3) is 1.00. The molecule has 302 valence electrons. The van der Waals surface area contributed by atoms with Crippen molar-refractivity contribution in [1.82, 2.24) is 4.90 Å². The summed E-state index contributed by atoms with van der Waals surface area (Å²) in [6.45, 7) is 7.00. The molecule has 6 nitrogen and oxygen atoms in total. The van der Waals surface area contributed by atoms with E-state index in [1.807, 2.05) is 19.0 Å². The van der Waals surface area contributed by atoms with Crippen LogP contribution in [0.3, 0.4) is 0 Å². The number of rotatable bonds is 43. The molecule has 0 aromatic rings. The Hall–Kier alpha value is 0.0300. The molecule has 0 aliphatic heterocycles. The molecular weight excluding hydrogens is 641 g/mol. The lowest BCUT2D eigenvalue weighted by Gasteiger charge is -2.21. The first-order valence-corrected chi connectivity index (χ1v) is 24.0. The van der Waals surface area contributed by atoms with Gasteiger partial charge in [0.2, 0.25) is 0 Å². The summed E-state index contributed by atoms with van der Waals surface area (Å²) in [5, 5.41) is 0. The molecule has 0 aromatic carbocycles. The summed E-state index contributed by atoms with van der Waals surface area (Å²) in [6.07, 6.45) is 43.2. The van der Waals surface area contributed by atoms with Gasteiger partial charge < -0.3 is 23.8 Å². The van der Waals surface area contributed by atoms with E-state index in [0.29, 0.717) is 19.8 Å². The average Bonchev–Trinajstić information content (AvgIpc) is 3.10. The maximum Gasteiger partial charge on any atom is 0.329 e. The van der Waals surface area contributed by atoms with Crippen molar-refractivity contribution in [3.8, 4) is 0 Å². The molecular formula is C43H90NO5P. The first-order chi connectivity index (χ1) is 24.4. The molecule has 0 rings (SSSR count). The zero-order valence-electron chi connectivity index (χ0n) is 34.4. The summed E-state index contributed by atoms with van der Waals surface area (Å²) >= 11 is 0. The van der Waals surface area contributed by atoms with E-state index in [4.69, 9.17) is 14.0 Å². The second-order valence-electron chi connectivity index (χ2n) is 15.6. The summed E-state index contributed by atoms with van der Waals surface area (Å²) < 4.78 is 30.1. The zero-order valence-corrected chi connectivity index (χ0v) is 35.3. The third-order valence-electron chi connectivity index (χ3n) is 10.1. The van der Waals surface area contributed by atoms with Gasteiger partial charge in [0.25, 0.3) is 0 Å². The summed E-state index contributed by atoms with van der Waals surface area (Å²) in [7, 11) is 0.165. The number of ether oxygens (including phenoxy) is 2. The molecule has 0 saturated carbocycles. The second-order valence-corrected chi connectivity index (χ2v) is 17.6. The molecule has 0 bridgehead atoms. The summed E-state index contributed by atoms with van der Waals surface area (Å²) in [5.74, 6) is 0. The molecule has 0 aromatic heterocycles. The van der Waals surface area contributed by atoms with Crippen molar-refractivity contribution in [1.29, 1.82) is 0 Å². The Kier molecular flexibility index (Phi) is 40.2. The Labute approximate surface area is 313 Å². The zero-order chi connectivity index (χ0) is 36.6. The van der Waals surface area contributed by atoms with Crippen LogP contribution < -0.4 is 0 Å². The van der Waals surface area contributed by atoms with Crippen molar-refractivity contribution in [2.24, 2.45) is 0 Å². The molecule has 0 radical (unpaired) electrons. The third kappa shape index (κ3) is 40.8. The van der Waals surface area contributed by atoms with E-state index in [1.54, 1.807) is 0 Å². The van der Waals surface area contributed by atoms with Crippen molar-refractivity contribution in [2.45, 2.75) is 225 Å². The van der Waals surface area contributed by atoms with Gasteiger partial charge in [-0.15, -0.1) is 0 Å². The van der Waals surface area contributed by atoms with Crippen LogP contribution in [0.2, 0.25) is 0 Å². The summed E-state index contributed by atoms with van der Waals surface area (Å²) in [4.78, 5) is 12.2. The van der Waals surface area contributed by atoms with Crippen molar-refractivity contribution in [2.75, 3.05) is 53.2 Å².